The Bertz CT molecular complexity index is 267. The Morgan fingerprint density at radius 1 is 1.70 bits per heavy atom. The maximum atomic E-state index is 10.2. The first kappa shape index (κ1) is 6.53. The van der Waals surface area contributed by atoms with E-state index in [0.717, 1.165) is 0 Å². The van der Waals surface area contributed by atoms with Gasteiger partial charge in [0.2, 0.25) is 0 Å². The zero-order chi connectivity index (χ0) is 7.72. The summed E-state index contributed by atoms with van der Waals surface area (Å²) in [5.74, 6) is -1.20. The number of hydrogen-bond acceptors (Lipinski definition) is 4. The third-order valence-corrected chi connectivity index (χ3v) is 1.07. The molecule has 0 bridgehead atoms. The van der Waals surface area contributed by atoms with Crippen LogP contribution in [-0.4, -0.2) is 31.4 Å². The highest BCUT2D eigenvalue weighted by Gasteiger charge is 2.13. The lowest BCUT2D eigenvalue weighted by molar-refractivity contribution is 0.0688. The van der Waals surface area contributed by atoms with Crippen molar-refractivity contribution in [2.75, 3.05) is 0 Å². The van der Waals surface area contributed by atoms with Gasteiger partial charge in [-0.15, -0.1) is 5.10 Å². The van der Waals surface area contributed by atoms with Crippen LogP contribution in [0.25, 0.3) is 0 Å². The van der Waals surface area contributed by atoms with E-state index in [4.69, 9.17) is 10.3 Å². The summed E-state index contributed by atoms with van der Waals surface area (Å²) in [7, 11) is 0. The third-order valence-electron chi connectivity index (χ3n) is 1.07. The zero-order valence-corrected chi connectivity index (χ0v) is 5.14. The van der Waals surface area contributed by atoms with Gasteiger partial charge < -0.3 is 10.3 Å². The van der Waals surface area contributed by atoms with Gasteiger partial charge in [-0.3, -0.25) is 0 Å². The van der Waals surface area contributed by atoms with E-state index in [-0.39, 0.29) is 11.4 Å². The minimum absolute atomic E-state index is 0.118. The smallest absolute Gasteiger partial charge is 0.358 e. The molecule has 6 nitrogen and oxygen atoms in total. The molecule has 1 heterocycles. The van der Waals surface area contributed by atoms with E-state index in [0.29, 0.717) is 4.85 Å². The van der Waals surface area contributed by atoms with E-state index in [2.05, 4.69) is 10.3 Å². The first-order chi connectivity index (χ1) is 4.63. The van der Waals surface area contributed by atoms with Crippen molar-refractivity contribution in [2.24, 2.45) is 0 Å². The molecule has 1 aromatic heterocycles. The SMILES string of the molecule is Cc1c(C(=O)O)nnn1O. The van der Waals surface area contributed by atoms with Gasteiger partial charge >= 0.3 is 5.97 Å². The molecule has 10 heavy (non-hydrogen) atoms. The third kappa shape index (κ3) is 0.790. The first-order valence-corrected chi connectivity index (χ1v) is 2.47. The maximum Gasteiger partial charge on any atom is 0.358 e. The Labute approximate surface area is 55.7 Å². The summed E-state index contributed by atoms with van der Waals surface area (Å²) >= 11 is 0. The van der Waals surface area contributed by atoms with E-state index in [9.17, 15) is 4.79 Å². The number of carbonyl (C=O) groups is 1. The molecule has 0 atom stereocenters. The molecule has 54 valence electrons. The van der Waals surface area contributed by atoms with Gasteiger partial charge in [0.05, 0.1) is 0 Å². The molecule has 0 aliphatic carbocycles. The fourth-order valence-corrected chi connectivity index (χ4v) is 0.519. The number of aromatic carboxylic acids is 1. The molecule has 6 heteroatoms. The number of hydrogen-bond donors (Lipinski definition) is 2. The number of rotatable bonds is 1. The summed E-state index contributed by atoms with van der Waals surface area (Å²) in [5.41, 5.74) is -0.116. The van der Waals surface area contributed by atoms with E-state index in [1.807, 2.05) is 0 Å². The van der Waals surface area contributed by atoms with Crippen molar-refractivity contribution in [3.63, 3.8) is 0 Å². The fourth-order valence-electron chi connectivity index (χ4n) is 0.519. The van der Waals surface area contributed by atoms with Crippen molar-refractivity contribution < 1.29 is 15.1 Å². The largest absolute Gasteiger partial charge is 0.476 e. The van der Waals surface area contributed by atoms with Crippen molar-refractivity contribution in [1.82, 2.24) is 15.2 Å². The number of aromatic nitrogens is 3. The molecular formula is C4H5N3O3. The van der Waals surface area contributed by atoms with Crippen molar-refractivity contribution in [3.8, 4) is 0 Å². The second-order valence-corrected chi connectivity index (χ2v) is 1.72. The van der Waals surface area contributed by atoms with Gasteiger partial charge in [0, 0.05) is 0 Å². The molecule has 0 aliphatic heterocycles. The molecule has 1 rings (SSSR count). The molecule has 0 saturated carbocycles. The average Bonchev–Trinajstić information content (AvgIpc) is 2.14. The molecule has 0 radical (unpaired) electrons. The van der Waals surface area contributed by atoms with Gasteiger partial charge in [0.25, 0.3) is 0 Å². The Hall–Kier alpha value is -1.59. The van der Waals surface area contributed by atoms with Crippen LogP contribution in [0.1, 0.15) is 16.2 Å². The van der Waals surface area contributed by atoms with Crippen LogP contribution in [0, 0.1) is 6.92 Å². The highest BCUT2D eigenvalue weighted by Crippen LogP contribution is 1.99. The van der Waals surface area contributed by atoms with Gasteiger partial charge in [0.15, 0.2) is 5.69 Å². The summed E-state index contributed by atoms with van der Waals surface area (Å²) < 4.78 is 0. The van der Waals surface area contributed by atoms with Crippen LogP contribution >= 0.6 is 0 Å². The highest BCUT2D eigenvalue weighted by molar-refractivity contribution is 5.86. The lowest BCUT2D eigenvalue weighted by Gasteiger charge is -1.88. The second kappa shape index (κ2) is 1.98. The van der Waals surface area contributed by atoms with Crippen LogP contribution in [0.15, 0.2) is 0 Å². The Kier molecular flexibility index (Phi) is 1.29. The monoisotopic (exact) mass is 143 g/mol. The molecule has 0 saturated heterocycles. The summed E-state index contributed by atoms with van der Waals surface area (Å²) in [6.07, 6.45) is 0. The Balaban J connectivity index is 3.17. The van der Waals surface area contributed by atoms with Gasteiger partial charge in [-0.2, -0.15) is 0 Å². The van der Waals surface area contributed by atoms with E-state index < -0.39 is 5.97 Å². The van der Waals surface area contributed by atoms with Gasteiger partial charge in [-0.1, -0.05) is 4.85 Å². The molecule has 0 aliphatic rings. The molecule has 1 aromatic rings. The van der Waals surface area contributed by atoms with Crippen LogP contribution < -0.4 is 0 Å². The lowest BCUT2D eigenvalue weighted by Crippen LogP contribution is -2.00. The second-order valence-electron chi connectivity index (χ2n) is 1.72. The Morgan fingerprint density at radius 3 is 2.50 bits per heavy atom. The minimum Gasteiger partial charge on any atom is -0.476 e. The summed E-state index contributed by atoms with van der Waals surface area (Å²) in [6, 6.07) is 0. The van der Waals surface area contributed by atoms with Crippen molar-refractivity contribution in [3.05, 3.63) is 11.4 Å². The van der Waals surface area contributed by atoms with Gasteiger partial charge in [-0.05, 0) is 12.1 Å². The van der Waals surface area contributed by atoms with Gasteiger partial charge in [0.1, 0.15) is 5.69 Å². The molecule has 0 spiro atoms. The summed E-state index contributed by atoms with van der Waals surface area (Å²) in [5, 5.41) is 23.3. The quantitative estimate of drug-likeness (QED) is 0.518. The normalized spacial score (nSPS) is 9.70. The van der Waals surface area contributed by atoms with Crippen molar-refractivity contribution >= 4 is 5.97 Å². The molecule has 2 N–H and O–H groups in total. The molecule has 0 amide bonds. The summed E-state index contributed by atoms with van der Waals surface area (Å²) in [4.78, 5) is 10.6. The number of nitrogens with zero attached hydrogens (tertiary/aromatic N) is 3. The first-order valence-electron chi connectivity index (χ1n) is 2.47. The van der Waals surface area contributed by atoms with Crippen molar-refractivity contribution in [2.45, 2.75) is 6.92 Å². The predicted molar refractivity (Wildman–Crippen MR) is 28.9 cm³/mol. The topological polar surface area (TPSA) is 88.2 Å². The number of carboxylic acids is 1. The molecular weight excluding hydrogens is 138 g/mol. The minimum atomic E-state index is -1.20. The Morgan fingerprint density at radius 2 is 2.30 bits per heavy atom. The van der Waals surface area contributed by atoms with Crippen LogP contribution in [0.4, 0.5) is 0 Å². The van der Waals surface area contributed by atoms with E-state index in [1.165, 1.54) is 6.92 Å². The summed E-state index contributed by atoms with van der Waals surface area (Å²) in [6.45, 7) is 1.41. The molecule has 0 fully saturated rings. The van der Waals surface area contributed by atoms with E-state index in [1.54, 1.807) is 0 Å². The van der Waals surface area contributed by atoms with Crippen LogP contribution in [0.5, 0.6) is 0 Å². The van der Waals surface area contributed by atoms with E-state index >= 15 is 0 Å². The predicted octanol–water partition coefficient (Wildman–Crippen LogP) is -0.478. The standard InChI is InChI=1S/C4H5N3O3/c1-2-3(4(8)9)5-6-7(2)10/h10H,1H3,(H,8,9). The number of carboxylic acid groups (broad SMARTS) is 1. The molecule has 0 unspecified atom stereocenters. The van der Waals surface area contributed by atoms with Crippen LogP contribution in [0.3, 0.4) is 0 Å². The van der Waals surface area contributed by atoms with Gasteiger partial charge in [-0.25, -0.2) is 4.79 Å². The van der Waals surface area contributed by atoms with Crippen LogP contribution in [0.2, 0.25) is 0 Å². The average molecular weight is 143 g/mol. The fraction of sp³-hybridized carbons (Fsp3) is 0.250. The highest BCUT2D eigenvalue weighted by atomic mass is 16.5. The molecule has 0 aromatic carbocycles. The van der Waals surface area contributed by atoms with Crippen LogP contribution in [-0.2, 0) is 0 Å². The maximum absolute atomic E-state index is 10.2. The lowest BCUT2D eigenvalue weighted by atomic mass is 10.3. The van der Waals surface area contributed by atoms with Crippen molar-refractivity contribution in [1.29, 1.82) is 0 Å². The zero-order valence-electron chi connectivity index (χ0n) is 5.14.